The summed E-state index contributed by atoms with van der Waals surface area (Å²) in [7, 11) is 1.38. The molecule has 0 aliphatic carbocycles. The average molecular weight is 324 g/mol. The van der Waals surface area contributed by atoms with Crippen LogP contribution in [0, 0.1) is 5.82 Å². The zero-order valence-corrected chi connectivity index (χ0v) is 13.3. The summed E-state index contributed by atoms with van der Waals surface area (Å²) in [5.41, 5.74) is 0.520. The second kappa shape index (κ2) is 7.92. The summed E-state index contributed by atoms with van der Waals surface area (Å²) in [6, 6.07) is 3.73. The molecule has 1 aliphatic rings. The first-order valence-corrected chi connectivity index (χ1v) is 7.49. The van der Waals surface area contributed by atoms with E-state index < -0.39 is 11.9 Å². The largest absolute Gasteiger partial charge is 0.494 e. The molecule has 1 unspecified atom stereocenters. The molecule has 1 aromatic rings. The third-order valence-corrected chi connectivity index (χ3v) is 3.65. The summed E-state index contributed by atoms with van der Waals surface area (Å²) in [5, 5.41) is 2.65. The van der Waals surface area contributed by atoms with Gasteiger partial charge in [-0.1, -0.05) is 6.07 Å². The number of amides is 2. The van der Waals surface area contributed by atoms with Crippen LogP contribution in [0.15, 0.2) is 18.2 Å². The number of carbonyl (C=O) groups is 2. The molecular weight excluding hydrogens is 303 g/mol. The zero-order chi connectivity index (χ0) is 16.8. The minimum Gasteiger partial charge on any atom is -0.494 e. The summed E-state index contributed by atoms with van der Waals surface area (Å²) in [6.45, 7) is 3.73. The van der Waals surface area contributed by atoms with Crippen LogP contribution in [-0.2, 0) is 20.7 Å². The van der Waals surface area contributed by atoms with Gasteiger partial charge in [-0.05, 0) is 24.6 Å². The fourth-order valence-corrected chi connectivity index (χ4v) is 2.42. The number of rotatable bonds is 5. The number of nitrogens with one attached hydrogen (secondary N) is 1. The number of methoxy groups -OCH3 is 1. The van der Waals surface area contributed by atoms with Gasteiger partial charge < -0.3 is 19.7 Å². The Labute approximate surface area is 134 Å². The molecule has 1 aliphatic heterocycles. The standard InChI is InChI=1S/C16H21FN2O4/c1-11(16(21)19-5-7-23-8-6-19)18-15(20)10-12-3-4-14(22-2)13(17)9-12/h3-4,9,11H,5-8,10H2,1-2H3,(H,18,20). The van der Waals surface area contributed by atoms with Crippen molar-refractivity contribution in [2.75, 3.05) is 33.4 Å². The summed E-state index contributed by atoms with van der Waals surface area (Å²) in [4.78, 5) is 25.9. The van der Waals surface area contributed by atoms with Gasteiger partial charge in [0.05, 0.1) is 26.7 Å². The second-order valence-electron chi connectivity index (χ2n) is 5.37. The molecule has 1 heterocycles. The van der Waals surface area contributed by atoms with Crippen LogP contribution in [0.4, 0.5) is 4.39 Å². The smallest absolute Gasteiger partial charge is 0.245 e. The van der Waals surface area contributed by atoms with E-state index in [9.17, 15) is 14.0 Å². The number of hydrogen-bond acceptors (Lipinski definition) is 4. The number of halogens is 1. The highest BCUT2D eigenvalue weighted by molar-refractivity contribution is 5.88. The lowest BCUT2D eigenvalue weighted by Crippen LogP contribution is -2.50. The Morgan fingerprint density at radius 3 is 2.70 bits per heavy atom. The average Bonchev–Trinajstić information content (AvgIpc) is 2.55. The summed E-state index contributed by atoms with van der Waals surface area (Å²) in [5.74, 6) is -0.855. The first-order chi connectivity index (χ1) is 11.0. The van der Waals surface area contributed by atoms with Crippen molar-refractivity contribution in [3.05, 3.63) is 29.6 Å². The summed E-state index contributed by atoms with van der Waals surface area (Å²) in [6.07, 6.45) is 0.00163. The molecule has 1 fully saturated rings. The van der Waals surface area contributed by atoms with Crippen LogP contribution >= 0.6 is 0 Å². The first-order valence-electron chi connectivity index (χ1n) is 7.49. The van der Waals surface area contributed by atoms with Gasteiger partial charge in [-0.15, -0.1) is 0 Å². The highest BCUT2D eigenvalue weighted by atomic mass is 19.1. The van der Waals surface area contributed by atoms with E-state index in [0.717, 1.165) is 0 Å². The van der Waals surface area contributed by atoms with E-state index in [2.05, 4.69) is 5.32 Å². The van der Waals surface area contributed by atoms with Crippen LogP contribution in [0.1, 0.15) is 12.5 Å². The molecule has 1 saturated heterocycles. The predicted molar refractivity (Wildman–Crippen MR) is 81.7 cm³/mol. The van der Waals surface area contributed by atoms with Crippen molar-refractivity contribution < 1.29 is 23.5 Å². The Balaban J connectivity index is 1.88. The maximum atomic E-state index is 13.6. The van der Waals surface area contributed by atoms with Gasteiger partial charge in [-0.2, -0.15) is 0 Å². The number of ether oxygens (including phenoxy) is 2. The molecule has 0 bridgehead atoms. The van der Waals surface area contributed by atoms with Crippen LogP contribution in [-0.4, -0.2) is 56.2 Å². The number of hydrogen-bond donors (Lipinski definition) is 1. The highest BCUT2D eigenvalue weighted by Crippen LogP contribution is 2.17. The fourth-order valence-electron chi connectivity index (χ4n) is 2.42. The van der Waals surface area contributed by atoms with Crippen LogP contribution in [0.5, 0.6) is 5.75 Å². The van der Waals surface area contributed by atoms with Crippen molar-refractivity contribution in [3.63, 3.8) is 0 Å². The summed E-state index contributed by atoms with van der Waals surface area (Å²) < 4.78 is 23.6. The third kappa shape index (κ3) is 4.66. The normalized spacial score (nSPS) is 15.9. The molecule has 1 N–H and O–H groups in total. The fraction of sp³-hybridized carbons (Fsp3) is 0.500. The Morgan fingerprint density at radius 2 is 2.09 bits per heavy atom. The summed E-state index contributed by atoms with van der Waals surface area (Å²) >= 11 is 0. The van der Waals surface area contributed by atoms with Crippen molar-refractivity contribution in [2.24, 2.45) is 0 Å². The second-order valence-corrected chi connectivity index (χ2v) is 5.37. The van der Waals surface area contributed by atoms with Crippen LogP contribution < -0.4 is 10.1 Å². The van der Waals surface area contributed by atoms with Crippen LogP contribution in [0.25, 0.3) is 0 Å². The van der Waals surface area contributed by atoms with Gasteiger partial charge in [0.25, 0.3) is 0 Å². The number of carbonyl (C=O) groups excluding carboxylic acids is 2. The lowest BCUT2D eigenvalue weighted by molar-refractivity contribution is -0.139. The zero-order valence-electron chi connectivity index (χ0n) is 13.3. The monoisotopic (exact) mass is 324 g/mol. The minimum atomic E-state index is -0.622. The van der Waals surface area contributed by atoms with E-state index in [0.29, 0.717) is 31.9 Å². The van der Waals surface area contributed by atoms with Crippen molar-refractivity contribution >= 4 is 11.8 Å². The number of nitrogens with zero attached hydrogens (tertiary/aromatic N) is 1. The number of benzene rings is 1. The molecule has 126 valence electrons. The van der Waals surface area contributed by atoms with E-state index in [1.807, 2.05) is 0 Å². The lowest BCUT2D eigenvalue weighted by Gasteiger charge is -2.29. The van der Waals surface area contributed by atoms with Gasteiger partial charge in [0.2, 0.25) is 11.8 Å². The maximum absolute atomic E-state index is 13.6. The Kier molecular flexibility index (Phi) is 5.92. The molecule has 2 amide bonds. The van der Waals surface area contributed by atoms with E-state index in [-0.39, 0.29) is 24.0 Å². The number of morpholine rings is 1. The minimum absolute atomic E-state index is 0.00163. The van der Waals surface area contributed by atoms with E-state index in [4.69, 9.17) is 9.47 Å². The van der Waals surface area contributed by atoms with Crippen molar-refractivity contribution in [1.29, 1.82) is 0 Å². The molecule has 0 spiro atoms. The Bertz CT molecular complexity index is 573. The van der Waals surface area contributed by atoms with Crippen molar-refractivity contribution in [1.82, 2.24) is 10.2 Å². The molecule has 1 aromatic carbocycles. The van der Waals surface area contributed by atoms with Crippen LogP contribution in [0.3, 0.4) is 0 Å². The Morgan fingerprint density at radius 1 is 1.39 bits per heavy atom. The molecule has 6 nitrogen and oxygen atoms in total. The van der Waals surface area contributed by atoms with Crippen LogP contribution in [0.2, 0.25) is 0 Å². The maximum Gasteiger partial charge on any atom is 0.245 e. The molecule has 2 rings (SSSR count). The molecule has 23 heavy (non-hydrogen) atoms. The van der Waals surface area contributed by atoms with E-state index in [1.54, 1.807) is 17.9 Å². The van der Waals surface area contributed by atoms with Gasteiger partial charge >= 0.3 is 0 Å². The quantitative estimate of drug-likeness (QED) is 0.867. The van der Waals surface area contributed by atoms with Gasteiger partial charge in [-0.25, -0.2) is 4.39 Å². The Hall–Kier alpha value is -2.15. The molecule has 0 radical (unpaired) electrons. The lowest BCUT2D eigenvalue weighted by atomic mass is 10.1. The van der Waals surface area contributed by atoms with Gasteiger partial charge in [0.1, 0.15) is 6.04 Å². The van der Waals surface area contributed by atoms with Gasteiger partial charge in [-0.3, -0.25) is 9.59 Å². The van der Waals surface area contributed by atoms with Gasteiger partial charge in [0.15, 0.2) is 11.6 Å². The molecule has 7 heteroatoms. The molecular formula is C16H21FN2O4. The van der Waals surface area contributed by atoms with Crippen molar-refractivity contribution in [2.45, 2.75) is 19.4 Å². The molecule has 1 atom stereocenters. The molecule has 0 aromatic heterocycles. The third-order valence-electron chi connectivity index (χ3n) is 3.65. The van der Waals surface area contributed by atoms with Crippen molar-refractivity contribution in [3.8, 4) is 5.75 Å². The molecule has 0 saturated carbocycles. The predicted octanol–water partition coefficient (Wildman–Crippen LogP) is 0.740. The van der Waals surface area contributed by atoms with E-state index in [1.165, 1.54) is 19.2 Å². The van der Waals surface area contributed by atoms with Gasteiger partial charge in [0, 0.05) is 13.1 Å². The highest BCUT2D eigenvalue weighted by Gasteiger charge is 2.23. The van der Waals surface area contributed by atoms with E-state index >= 15 is 0 Å². The first kappa shape index (κ1) is 17.2. The topological polar surface area (TPSA) is 67.9 Å². The SMILES string of the molecule is COc1ccc(CC(=O)NC(C)C(=O)N2CCOCC2)cc1F.